The van der Waals surface area contributed by atoms with E-state index in [0.717, 1.165) is 54.9 Å². The summed E-state index contributed by atoms with van der Waals surface area (Å²) < 4.78 is 0. The van der Waals surface area contributed by atoms with Crippen molar-refractivity contribution >= 4 is 17.5 Å². The first-order valence-electron chi connectivity index (χ1n) is 11.3. The second-order valence-electron chi connectivity index (χ2n) is 9.06. The Kier molecular flexibility index (Phi) is 5.43. The number of hydrogen-bond acceptors (Lipinski definition) is 4. The molecule has 0 spiro atoms. The number of fused-ring (bicyclic) bond motifs is 1. The third-order valence-corrected chi connectivity index (χ3v) is 6.98. The number of pyridine rings is 1. The van der Waals surface area contributed by atoms with E-state index in [1.165, 1.54) is 5.57 Å². The Bertz CT molecular complexity index is 1060. The van der Waals surface area contributed by atoms with Crippen LogP contribution in [-0.4, -0.2) is 64.8 Å². The first-order valence-corrected chi connectivity index (χ1v) is 11.3. The average Bonchev–Trinajstić information content (AvgIpc) is 3.43. The summed E-state index contributed by atoms with van der Waals surface area (Å²) in [5, 5.41) is 0. The van der Waals surface area contributed by atoms with Gasteiger partial charge in [0.2, 0.25) is 5.91 Å². The Balaban J connectivity index is 1.31. The summed E-state index contributed by atoms with van der Waals surface area (Å²) in [6, 6.07) is 11.5. The van der Waals surface area contributed by atoms with Gasteiger partial charge in [-0.2, -0.15) is 0 Å². The fourth-order valence-electron chi connectivity index (χ4n) is 5.21. The summed E-state index contributed by atoms with van der Waals surface area (Å²) in [5.41, 5.74) is 10.9. The molecule has 32 heavy (non-hydrogen) atoms. The van der Waals surface area contributed by atoms with E-state index in [1.807, 2.05) is 47.5 Å². The van der Waals surface area contributed by atoms with Crippen LogP contribution in [0.4, 0.5) is 4.79 Å². The molecule has 3 aliphatic heterocycles. The maximum Gasteiger partial charge on any atom is 0.315 e. The van der Waals surface area contributed by atoms with E-state index in [1.54, 1.807) is 4.90 Å². The maximum atomic E-state index is 12.8. The Morgan fingerprint density at radius 2 is 1.97 bits per heavy atom. The number of amides is 3. The van der Waals surface area contributed by atoms with E-state index in [2.05, 4.69) is 18.0 Å². The zero-order valence-corrected chi connectivity index (χ0v) is 18.4. The predicted molar refractivity (Wildman–Crippen MR) is 122 cm³/mol. The van der Waals surface area contributed by atoms with E-state index in [4.69, 9.17) is 10.7 Å². The molecule has 3 amide bonds. The molecule has 3 aliphatic rings. The van der Waals surface area contributed by atoms with Crippen molar-refractivity contribution in [1.29, 1.82) is 0 Å². The number of likely N-dealkylation sites (tertiary alicyclic amines) is 1. The van der Waals surface area contributed by atoms with Crippen molar-refractivity contribution in [3.05, 3.63) is 71.1 Å². The van der Waals surface area contributed by atoms with Crippen LogP contribution in [0, 0.1) is 5.92 Å². The number of hydrogen-bond donors (Lipinski definition) is 1. The number of benzene rings is 1. The van der Waals surface area contributed by atoms with Crippen LogP contribution in [0.3, 0.4) is 0 Å². The van der Waals surface area contributed by atoms with E-state index in [0.29, 0.717) is 13.1 Å². The summed E-state index contributed by atoms with van der Waals surface area (Å²) >= 11 is 0. The van der Waals surface area contributed by atoms with Crippen molar-refractivity contribution in [3.63, 3.8) is 0 Å². The predicted octanol–water partition coefficient (Wildman–Crippen LogP) is 2.63. The van der Waals surface area contributed by atoms with Gasteiger partial charge < -0.3 is 20.4 Å². The van der Waals surface area contributed by atoms with Crippen molar-refractivity contribution in [1.82, 2.24) is 19.7 Å². The van der Waals surface area contributed by atoms with Crippen molar-refractivity contribution in [3.8, 4) is 0 Å². The Morgan fingerprint density at radius 1 is 1.12 bits per heavy atom. The minimum atomic E-state index is -0.427. The van der Waals surface area contributed by atoms with Crippen LogP contribution < -0.4 is 5.73 Å². The van der Waals surface area contributed by atoms with Crippen molar-refractivity contribution < 1.29 is 9.59 Å². The molecule has 1 fully saturated rings. The lowest BCUT2D eigenvalue weighted by Crippen LogP contribution is -2.39. The number of nitrogens with zero attached hydrogens (tertiary/aromatic N) is 4. The highest BCUT2D eigenvalue weighted by Gasteiger charge is 2.34. The summed E-state index contributed by atoms with van der Waals surface area (Å²) in [6.45, 7) is 3.76. The van der Waals surface area contributed by atoms with Crippen molar-refractivity contribution in [2.45, 2.75) is 25.4 Å². The van der Waals surface area contributed by atoms with Crippen LogP contribution in [0.2, 0.25) is 0 Å². The number of rotatable bonds is 3. The maximum absolute atomic E-state index is 12.8. The smallest absolute Gasteiger partial charge is 0.315 e. The van der Waals surface area contributed by atoms with Crippen LogP contribution in [0.25, 0.3) is 5.57 Å². The van der Waals surface area contributed by atoms with Gasteiger partial charge in [0.1, 0.15) is 0 Å². The van der Waals surface area contributed by atoms with Crippen LogP contribution in [0.15, 0.2) is 48.7 Å². The molecule has 2 aromatic rings. The second-order valence-corrected chi connectivity index (χ2v) is 9.06. The summed E-state index contributed by atoms with van der Waals surface area (Å²) in [5.74, 6) is 0.411. The van der Waals surface area contributed by atoms with E-state index in [-0.39, 0.29) is 17.9 Å². The van der Waals surface area contributed by atoms with Gasteiger partial charge in [-0.05, 0) is 54.8 Å². The minimum absolute atomic E-state index is 0.134. The molecule has 2 atom stereocenters. The van der Waals surface area contributed by atoms with Gasteiger partial charge in [0, 0.05) is 32.4 Å². The molecule has 7 nitrogen and oxygen atoms in total. The zero-order valence-electron chi connectivity index (χ0n) is 18.4. The van der Waals surface area contributed by atoms with Gasteiger partial charge in [0.15, 0.2) is 0 Å². The van der Waals surface area contributed by atoms with Gasteiger partial charge in [-0.1, -0.05) is 36.4 Å². The third-order valence-electron chi connectivity index (χ3n) is 6.98. The molecule has 1 aromatic heterocycles. The Hall–Kier alpha value is -3.19. The molecular weight excluding hydrogens is 402 g/mol. The molecule has 0 radical (unpaired) electrons. The molecular formula is C25H29N5O2. The molecule has 0 bridgehead atoms. The van der Waals surface area contributed by atoms with Crippen molar-refractivity contribution in [2.24, 2.45) is 11.7 Å². The number of aromatic nitrogens is 1. The first kappa shape index (κ1) is 20.7. The largest absolute Gasteiger partial charge is 0.351 e. The van der Waals surface area contributed by atoms with Gasteiger partial charge in [-0.3, -0.25) is 9.78 Å². The molecule has 1 aromatic carbocycles. The highest BCUT2D eigenvalue weighted by atomic mass is 16.2. The molecule has 4 heterocycles. The van der Waals surface area contributed by atoms with Crippen LogP contribution >= 0.6 is 0 Å². The van der Waals surface area contributed by atoms with Crippen molar-refractivity contribution in [2.75, 3.05) is 33.2 Å². The topological polar surface area (TPSA) is 82.8 Å². The fraction of sp³-hybridized carbons (Fsp3) is 0.400. The van der Waals surface area contributed by atoms with Gasteiger partial charge >= 0.3 is 6.03 Å². The standard InChI is InChI=1S/C25H29N5O2/c1-28-11-8-20(15-28)24(31)29-12-9-17(10-13-29)22-7-6-18(14-27-22)23-21-5-3-2-4-19(21)16-30(23)25(26)32/h2-7,9,14,20,23H,8,10-13,15-16H2,1H3,(H2,26,32). The summed E-state index contributed by atoms with van der Waals surface area (Å²) in [7, 11) is 2.07. The van der Waals surface area contributed by atoms with Crippen LogP contribution in [0.5, 0.6) is 0 Å². The molecule has 0 aliphatic carbocycles. The molecule has 166 valence electrons. The Labute approximate surface area is 188 Å². The lowest BCUT2D eigenvalue weighted by Gasteiger charge is -2.29. The van der Waals surface area contributed by atoms with Crippen LogP contribution in [-0.2, 0) is 11.3 Å². The third kappa shape index (κ3) is 3.77. The number of urea groups is 1. The van der Waals surface area contributed by atoms with Gasteiger partial charge in [-0.15, -0.1) is 0 Å². The van der Waals surface area contributed by atoms with Gasteiger partial charge in [0.25, 0.3) is 0 Å². The molecule has 2 N–H and O–H groups in total. The zero-order chi connectivity index (χ0) is 22.2. The molecule has 7 heteroatoms. The number of nitrogens with two attached hydrogens (primary N) is 1. The summed E-state index contributed by atoms with van der Waals surface area (Å²) in [6.07, 6.45) is 5.74. The van der Waals surface area contributed by atoms with E-state index in [9.17, 15) is 9.59 Å². The lowest BCUT2D eigenvalue weighted by molar-refractivity contribution is -0.134. The highest BCUT2D eigenvalue weighted by molar-refractivity contribution is 5.81. The first-order chi connectivity index (χ1) is 15.5. The van der Waals surface area contributed by atoms with Gasteiger partial charge in [0.05, 0.1) is 17.7 Å². The SMILES string of the molecule is CN1CCC(C(=O)N2CC=C(c3ccc(C4c5ccccc5CN4C(N)=O)cn3)CC2)C1. The summed E-state index contributed by atoms with van der Waals surface area (Å²) in [4.78, 5) is 35.4. The molecule has 2 unspecified atom stereocenters. The fourth-order valence-corrected chi connectivity index (χ4v) is 5.21. The van der Waals surface area contributed by atoms with Gasteiger partial charge in [-0.25, -0.2) is 4.79 Å². The number of primary amides is 1. The Morgan fingerprint density at radius 3 is 2.62 bits per heavy atom. The monoisotopic (exact) mass is 431 g/mol. The van der Waals surface area contributed by atoms with E-state index < -0.39 is 6.03 Å². The van der Waals surface area contributed by atoms with Crippen LogP contribution in [0.1, 0.15) is 41.3 Å². The van der Waals surface area contributed by atoms with E-state index >= 15 is 0 Å². The highest BCUT2D eigenvalue weighted by Crippen LogP contribution is 2.38. The molecule has 5 rings (SSSR count). The molecule has 0 saturated carbocycles. The normalized spacial score (nSPS) is 23.2. The number of carbonyl (C=O) groups excluding carboxylic acids is 2. The molecule has 1 saturated heterocycles. The lowest BCUT2D eigenvalue weighted by atomic mass is 9.97. The number of carbonyl (C=O) groups is 2. The quantitative estimate of drug-likeness (QED) is 0.810. The minimum Gasteiger partial charge on any atom is -0.351 e. The average molecular weight is 432 g/mol. The second kappa shape index (κ2) is 8.39.